The monoisotopic (exact) mass is 990 g/mol. The Morgan fingerprint density at radius 3 is 0.833 bits per heavy atom. The summed E-state index contributed by atoms with van der Waals surface area (Å²) < 4.78 is 0. The minimum absolute atomic E-state index is 0. The molecule has 0 heterocycles. The predicted molar refractivity (Wildman–Crippen MR) is 233 cm³/mol. The molecular formula is C39H76Br2Si6Sn. The van der Waals surface area contributed by atoms with Crippen molar-refractivity contribution in [1.29, 1.82) is 0 Å². The molecule has 0 aliphatic carbocycles. The third kappa shape index (κ3) is 16.3. The maximum Gasteiger partial charge on any atom is 2.00 e. The maximum absolute atomic E-state index is 4.24. The van der Waals surface area contributed by atoms with Crippen LogP contribution >= 0.6 is 0 Å². The molecule has 4 radical (unpaired) electrons. The fraction of sp³-hybridized carbons (Fsp3) is 0.692. The normalized spacial score (nSPS) is 13.2. The number of rotatable bonds is 11. The molecule has 0 amide bonds. The van der Waals surface area contributed by atoms with Crippen LogP contribution in [0.25, 0.3) is 0 Å². The Balaban J connectivity index is -0.00000114. The van der Waals surface area contributed by atoms with E-state index in [4.69, 9.17) is 0 Å². The van der Waals surface area contributed by atoms with Gasteiger partial charge < -0.3 is 34.0 Å². The summed E-state index contributed by atoms with van der Waals surface area (Å²) in [5.74, 6) is 1.17. The summed E-state index contributed by atoms with van der Waals surface area (Å²) >= 11 is 0. The molecule has 0 spiro atoms. The Bertz CT molecular complexity index is 1050. The molecule has 48 heavy (non-hydrogen) atoms. The molecule has 0 aliphatic heterocycles. The minimum Gasteiger partial charge on any atom is -1.00 e. The van der Waals surface area contributed by atoms with Crippen LogP contribution in [-0.4, -0.2) is 72.4 Å². The predicted octanol–water partition coefficient (Wildman–Crippen LogP) is 7.36. The van der Waals surface area contributed by atoms with Crippen molar-refractivity contribution in [3.8, 4) is 0 Å². The summed E-state index contributed by atoms with van der Waals surface area (Å²) in [6.45, 7) is 55.9. The van der Waals surface area contributed by atoms with Crippen LogP contribution in [-0.2, 0) is 0 Å². The van der Waals surface area contributed by atoms with Crippen LogP contribution in [0.1, 0.15) is 82.8 Å². The van der Waals surface area contributed by atoms with Crippen molar-refractivity contribution < 1.29 is 34.0 Å². The molecule has 0 aliphatic rings. The first-order valence-corrected chi connectivity index (χ1v) is 39.3. The van der Waals surface area contributed by atoms with Crippen LogP contribution in [0.3, 0.4) is 0 Å². The molecule has 2 aromatic rings. The van der Waals surface area contributed by atoms with E-state index >= 15 is 0 Å². The van der Waals surface area contributed by atoms with E-state index in [1.165, 1.54) is 11.1 Å². The van der Waals surface area contributed by atoms with Crippen molar-refractivity contribution in [2.24, 2.45) is 0 Å². The second kappa shape index (κ2) is 19.7. The molecule has 0 saturated carbocycles. The van der Waals surface area contributed by atoms with Crippen LogP contribution < -0.4 is 34.0 Å². The molecule has 0 saturated heterocycles. The summed E-state index contributed by atoms with van der Waals surface area (Å²) in [7, 11) is -8.28. The number of benzene rings is 2. The Hall–Kier alpha value is 1.50. The second-order valence-electron chi connectivity index (χ2n) is 21.2. The molecule has 0 atom stereocenters. The van der Waals surface area contributed by atoms with Crippen molar-refractivity contribution in [3.63, 3.8) is 0 Å². The van der Waals surface area contributed by atoms with Crippen molar-refractivity contribution in [3.05, 3.63) is 70.3 Å². The SMILES string of the molecule is CC(C)c1[c]c(C(C)C)ccc1.C[Si](C)(C)C(c1[c]c(C([Si](C)(C)C)[Si](C)(C)C)cc(C([Si](C)(C)C)[Si](C)(C)C)c1)[Si](C)(C)C.[Br-].[Br-].[Sn+2]. The number of hydrogen-bond acceptors (Lipinski definition) is 0. The average molecular weight is 992 g/mol. The zero-order chi connectivity index (χ0) is 35.7. The van der Waals surface area contributed by atoms with Crippen molar-refractivity contribution in [2.45, 2.75) is 173 Å². The van der Waals surface area contributed by atoms with Crippen molar-refractivity contribution >= 4 is 72.4 Å². The molecule has 2 aromatic carbocycles. The van der Waals surface area contributed by atoms with Gasteiger partial charge in [0, 0.05) is 48.4 Å². The Kier molecular flexibility index (Phi) is 22.1. The standard InChI is InChI=1S/C27H59Si6.C12H17.2BrH.Sn/c1-28(2,3)25(29(4,5)6)22-19-23(26(30(7,8)9)31(10,11)12)21-24(20-22)27(32(13,14)15)33(16,17)18;1-9(2)11-6-5-7-12(8-11)10(3)4;;;/h19-20,25-27H,1-18H3;5-7,9-10H,1-4H3;2*1H;/q;;;;+2/p-2. The van der Waals surface area contributed by atoms with E-state index in [1.807, 2.05) is 0 Å². The van der Waals surface area contributed by atoms with Gasteiger partial charge in [0.15, 0.2) is 0 Å². The molecule has 0 nitrogen and oxygen atoms in total. The Labute approximate surface area is 346 Å². The average Bonchev–Trinajstić information content (AvgIpc) is 2.73. The third-order valence-electron chi connectivity index (χ3n) is 9.17. The second-order valence-corrected chi connectivity index (χ2v) is 54.8. The number of halogens is 2. The maximum atomic E-state index is 4.24. The minimum atomic E-state index is -1.39. The van der Waals surface area contributed by atoms with Crippen molar-refractivity contribution in [2.75, 3.05) is 0 Å². The third-order valence-corrected chi connectivity index (χ3v) is 37.1. The first kappa shape index (κ1) is 53.8. The zero-order valence-electron chi connectivity index (χ0n) is 35.5. The Morgan fingerprint density at radius 1 is 0.396 bits per heavy atom. The van der Waals surface area contributed by atoms with Crippen LogP contribution in [0.4, 0.5) is 0 Å². The summed E-state index contributed by atoms with van der Waals surface area (Å²) in [6, 6.07) is 19.5. The van der Waals surface area contributed by atoms with Gasteiger partial charge in [-0.1, -0.05) is 176 Å². The molecule has 0 fully saturated rings. The van der Waals surface area contributed by atoms with Gasteiger partial charge in [-0.3, -0.25) is 0 Å². The van der Waals surface area contributed by atoms with E-state index in [-0.39, 0.29) is 57.9 Å². The van der Waals surface area contributed by atoms with E-state index in [0.717, 1.165) is 15.5 Å². The van der Waals surface area contributed by atoms with Crippen LogP contribution in [0.2, 0.25) is 118 Å². The van der Waals surface area contributed by atoms with Gasteiger partial charge in [-0.05, 0) is 67.3 Å². The quantitative estimate of drug-likeness (QED) is 0.207. The molecule has 0 aromatic heterocycles. The fourth-order valence-electron chi connectivity index (χ4n) is 9.06. The van der Waals surface area contributed by atoms with E-state index < -0.39 is 48.4 Å². The Morgan fingerprint density at radius 2 is 0.625 bits per heavy atom. The van der Waals surface area contributed by atoms with Crippen LogP contribution in [0, 0.1) is 12.1 Å². The zero-order valence-corrected chi connectivity index (χ0v) is 47.6. The first-order chi connectivity index (χ1) is 19.8. The molecular weight excluding hydrogens is 915 g/mol. The van der Waals surface area contributed by atoms with Gasteiger partial charge in [0.1, 0.15) is 0 Å². The van der Waals surface area contributed by atoms with Crippen LogP contribution in [0.15, 0.2) is 30.3 Å². The summed E-state index contributed by atoms with van der Waals surface area (Å²) in [5.41, 5.74) is 7.58. The van der Waals surface area contributed by atoms with E-state index in [9.17, 15) is 0 Å². The summed E-state index contributed by atoms with van der Waals surface area (Å²) in [4.78, 5) is 0. The topological polar surface area (TPSA) is 0 Å². The van der Waals surface area contributed by atoms with Gasteiger partial charge >= 0.3 is 23.9 Å². The molecule has 0 unspecified atom stereocenters. The fourth-order valence-corrected chi connectivity index (χ4v) is 46.9. The molecule has 0 bridgehead atoms. The van der Waals surface area contributed by atoms with E-state index in [0.29, 0.717) is 11.8 Å². The van der Waals surface area contributed by atoms with Gasteiger partial charge in [0.2, 0.25) is 0 Å². The summed E-state index contributed by atoms with van der Waals surface area (Å²) in [6.07, 6.45) is 0. The van der Waals surface area contributed by atoms with Crippen LogP contribution in [0.5, 0.6) is 0 Å². The number of hydrogen-bond donors (Lipinski definition) is 0. The largest absolute Gasteiger partial charge is 2.00 e. The van der Waals surface area contributed by atoms with Crippen molar-refractivity contribution in [1.82, 2.24) is 0 Å². The van der Waals surface area contributed by atoms with Gasteiger partial charge in [-0.15, -0.1) is 0 Å². The summed E-state index contributed by atoms with van der Waals surface area (Å²) in [5, 5.41) is 2.32. The molecule has 274 valence electrons. The smallest absolute Gasteiger partial charge is 1.00 e. The van der Waals surface area contributed by atoms with E-state index in [1.54, 1.807) is 16.7 Å². The van der Waals surface area contributed by atoms with Gasteiger partial charge in [0.05, 0.1) is 0 Å². The molecule has 9 heteroatoms. The molecule has 2 rings (SSSR count). The van der Waals surface area contributed by atoms with Gasteiger partial charge in [-0.25, -0.2) is 0 Å². The van der Waals surface area contributed by atoms with Gasteiger partial charge in [-0.2, -0.15) is 0 Å². The van der Waals surface area contributed by atoms with E-state index in [2.05, 4.69) is 188 Å². The van der Waals surface area contributed by atoms with Gasteiger partial charge in [0.25, 0.3) is 0 Å². The molecule has 0 N–H and O–H groups in total. The first-order valence-electron chi connectivity index (χ1n) is 17.9.